The normalized spacial score (nSPS) is 16.7. The number of carbonyl (C=O) groups is 4. The fourth-order valence-electron chi connectivity index (χ4n) is 8.65. The molecule has 1 saturated carbocycles. The van der Waals surface area contributed by atoms with Crippen LogP contribution in [0.5, 0.6) is 0 Å². The molecule has 3 atom stereocenters. The molecule has 77 heavy (non-hydrogen) atoms. The molecule has 3 aromatic heterocycles. The van der Waals surface area contributed by atoms with Crippen molar-refractivity contribution in [1.29, 1.82) is 0 Å². The topological polar surface area (TPSA) is 228 Å². The number of pyridine rings is 1. The summed E-state index contributed by atoms with van der Waals surface area (Å²) in [6, 6.07) is 4.82. The molecule has 416 valence electrons. The van der Waals surface area contributed by atoms with Gasteiger partial charge in [-0.2, -0.15) is 49.6 Å². The van der Waals surface area contributed by atoms with Crippen LogP contribution in [0.4, 0.5) is 54.5 Å². The smallest absolute Gasteiger partial charge is 0.435 e. The third-order valence-corrected chi connectivity index (χ3v) is 16.1. The Morgan fingerprint density at radius 3 is 2.14 bits per heavy atom. The molecule has 0 spiro atoms. The third kappa shape index (κ3) is 12.5. The van der Waals surface area contributed by atoms with Crippen LogP contribution in [-0.4, -0.2) is 103 Å². The number of esters is 2. The summed E-state index contributed by atoms with van der Waals surface area (Å²) in [5.41, 5.74) is -5.74. The maximum atomic E-state index is 15.6. The lowest BCUT2D eigenvalue weighted by atomic mass is 9.93. The number of fused-ring (bicyclic) bond motifs is 4. The van der Waals surface area contributed by atoms with Crippen molar-refractivity contribution in [2.45, 2.75) is 87.6 Å². The number of nitrogens with one attached hydrogen (secondary N) is 1. The highest BCUT2D eigenvalue weighted by Gasteiger charge is 2.68. The zero-order chi connectivity index (χ0) is 57.1. The lowest BCUT2D eigenvalue weighted by Crippen LogP contribution is -2.37. The van der Waals surface area contributed by atoms with E-state index in [1.807, 2.05) is 0 Å². The van der Waals surface area contributed by atoms with Crippen LogP contribution in [0.15, 0.2) is 54.6 Å². The summed E-state index contributed by atoms with van der Waals surface area (Å²) in [4.78, 5) is 55.9. The Balaban J connectivity index is 1.42. The fraction of sp³-hybridized carbons (Fsp3) is 0.413. The van der Waals surface area contributed by atoms with Crippen molar-refractivity contribution in [2.75, 3.05) is 30.7 Å². The standard InChI is InChI=1S/C46H42ClF10N7O11S2/c1-43(2,76(4,69)70)13-12-25-6-7-26(27-8-9-30(47)36-38(27)63(20-44(50,51)52)61-41(36)64(77(5,71)72)42(68)75-21-74-34(67)11-10-33(66)73-3)37(58-25)31(16-22-14-23(48)17-24(49)15-22)59-32(65)19-62-40-35(39(60-62)46(55,56)57)28-18-29(28)45(40,53)54/h6-11,14-15,17,28-29,31H,12-13,16,18-21H2,1-5H3,(H,59,65)/b11-10+/t28-,29?,31-/m0/s1. The van der Waals surface area contributed by atoms with Gasteiger partial charge in [-0.1, -0.05) is 23.7 Å². The first kappa shape index (κ1) is 57.9. The van der Waals surface area contributed by atoms with E-state index < -0.39 is 173 Å². The minimum absolute atomic E-state index is 0.00547. The SMILES string of the molecule is COC(=O)/C=C/C(=O)OCOC(=O)N(c1nn(CC(F)(F)F)c2c(-c3ccc(CCC(C)(C)S(C)(=O)=O)nc3[C@H](Cc3cc(F)cc(F)c3)NC(=O)Cn3nc(C(F)(F)F)c4c3C(F)(F)C3C[C@H]43)ccc(Cl)c12)S(C)(=O)=O. The Bertz CT molecular complexity index is 3450. The molecule has 7 rings (SSSR count). The van der Waals surface area contributed by atoms with Crippen LogP contribution >= 0.6 is 11.6 Å². The molecule has 1 fully saturated rings. The molecule has 2 aromatic carbocycles. The number of sulfone groups is 1. The molecule has 2 aliphatic rings. The van der Waals surface area contributed by atoms with Crippen LogP contribution in [-0.2, 0) is 86.5 Å². The van der Waals surface area contributed by atoms with Gasteiger partial charge in [0.15, 0.2) is 21.3 Å². The minimum atomic E-state index is -5.24. The number of aryl methyl sites for hydroxylation is 1. The maximum absolute atomic E-state index is 15.6. The van der Waals surface area contributed by atoms with Gasteiger partial charge in [-0.3, -0.25) is 19.1 Å². The number of nitrogens with zero attached hydrogens (tertiary/aromatic N) is 6. The summed E-state index contributed by atoms with van der Waals surface area (Å²) in [5.74, 6) is -13.7. The van der Waals surface area contributed by atoms with Crippen molar-refractivity contribution < 1.29 is 94.1 Å². The van der Waals surface area contributed by atoms with Gasteiger partial charge in [0, 0.05) is 52.8 Å². The fourth-order valence-corrected chi connectivity index (χ4v) is 10.1. The van der Waals surface area contributed by atoms with E-state index in [9.17, 15) is 71.1 Å². The van der Waals surface area contributed by atoms with Gasteiger partial charge in [0.2, 0.25) is 22.7 Å². The molecule has 0 bridgehead atoms. The van der Waals surface area contributed by atoms with Gasteiger partial charge >= 0.3 is 30.4 Å². The first-order valence-corrected chi connectivity index (χ1v) is 26.5. The number of rotatable bonds is 18. The summed E-state index contributed by atoms with van der Waals surface area (Å²) in [7, 11) is -7.81. The molecule has 18 nitrogen and oxygen atoms in total. The van der Waals surface area contributed by atoms with E-state index in [1.165, 1.54) is 26.0 Å². The number of sulfonamides is 1. The number of halogens is 11. The van der Waals surface area contributed by atoms with E-state index in [-0.39, 0.29) is 49.8 Å². The second-order valence-electron chi connectivity index (χ2n) is 18.5. The molecule has 0 aliphatic heterocycles. The van der Waals surface area contributed by atoms with Gasteiger partial charge in [-0.05, 0) is 75.3 Å². The van der Waals surface area contributed by atoms with Gasteiger partial charge in [0.25, 0.3) is 5.92 Å². The highest BCUT2D eigenvalue weighted by molar-refractivity contribution is 7.92. The van der Waals surface area contributed by atoms with Crippen molar-refractivity contribution in [3.63, 3.8) is 0 Å². The number of alkyl halides is 8. The zero-order valence-corrected chi connectivity index (χ0v) is 42.9. The van der Waals surface area contributed by atoms with Crippen LogP contribution in [0.25, 0.3) is 22.0 Å². The Morgan fingerprint density at radius 2 is 1.55 bits per heavy atom. The average Bonchev–Trinajstić information content (AvgIpc) is 3.99. The molecular formula is C46H42ClF10N7O11S2. The number of methoxy groups -OCH3 is 1. The number of carbonyl (C=O) groups excluding carboxylic acids is 4. The van der Waals surface area contributed by atoms with Gasteiger partial charge in [0.05, 0.1) is 45.8 Å². The Morgan fingerprint density at radius 1 is 0.909 bits per heavy atom. The number of hydrogen-bond acceptors (Lipinski definition) is 14. The molecule has 1 unspecified atom stereocenters. The van der Waals surface area contributed by atoms with Crippen molar-refractivity contribution in [2.24, 2.45) is 5.92 Å². The number of aromatic nitrogens is 5. The Hall–Kier alpha value is -6.82. The largest absolute Gasteiger partial charge is 0.466 e. The molecule has 0 saturated heterocycles. The van der Waals surface area contributed by atoms with Crippen molar-refractivity contribution in [3.05, 3.63) is 105 Å². The van der Waals surface area contributed by atoms with Crippen molar-refractivity contribution >= 4 is 72.1 Å². The van der Waals surface area contributed by atoms with E-state index in [0.717, 1.165) is 37.6 Å². The predicted octanol–water partition coefficient (Wildman–Crippen LogP) is 8.00. The summed E-state index contributed by atoms with van der Waals surface area (Å²) in [5, 5.41) is 8.37. The molecule has 2 aliphatic carbocycles. The van der Waals surface area contributed by atoms with Gasteiger partial charge in [0.1, 0.15) is 30.4 Å². The Kier molecular flexibility index (Phi) is 15.7. The first-order valence-electron chi connectivity index (χ1n) is 22.4. The number of ether oxygens (including phenoxy) is 3. The lowest BCUT2D eigenvalue weighted by Gasteiger charge is -2.25. The van der Waals surface area contributed by atoms with Gasteiger partial charge < -0.3 is 19.5 Å². The van der Waals surface area contributed by atoms with Crippen molar-refractivity contribution in [1.82, 2.24) is 29.9 Å². The number of amides is 2. The van der Waals surface area contributed by atoms with Gasteiger partial charge in [-0.15, -0.1) is 0 Å². The highest BCUT2D eigenvalue weighted by atomic mass is 35.5. The molecule has 0 radical (unpaired) electrons. The van der Waals surface area contributed by atoms with Crippen LogP contribution in [0, 0.1) is 17.6 Å². The zero-order valence-electron chi connectivity index (χ0n) is 40.5. The number of anilines is 1. The summed E-state index contributed by atoms with van der Waals surface area (Å²) < 4.78 is 212. The van der Waals surface area contributed by atoms with Crippen LogP contribution in [0.3, 0.4) is 0 Å². The van der Waals surface area contributed by atoms with E-state index in [1.54, 1.807) is 0 Å². The predicted molar refractivity (Wildman–Crippen MR) is 250 cm³/mol. The number of benzene rings is 2. The monoisotopic (exact) mass is 1160 g/mol. The number of hydrogen-bond donors (Lipinski definition) is 1. The molecule has 2 amide bonds. The van der Waals surface area contributed by atoms with Crippen LogP contribution < -0.4 is 9.62 Å². The maximum Gasteiger partial charge on any atom is 0.435 e. The van der Waals surface area contributed by atoms with Crippen molar-refractivity contribution in [3.8, 4) is 11.1 Å². The summed E-state index contributed by atoms with van der Waals surface area (Å²) in [6.07, 6.45) is -11.2. The van der Waals surface area contributed by atoms with E-state index in [2.05, 4.69) is 30.0 Å². The average molecular weight is 1160 g/mol. The summed E-state index contributed by atoms with van der Waals surface area (Å²) >= 11 is 6.61. The molecule has 5 aromatic rings. The molecular weight excluding hydrogens is 1120 g/mol. The minimum Gasteiger partial charge on any atom is -0.466 e. The molecule has 3 heterocycles. The van der Waals surface area contributed by atoms with Crippen LogP contribution in [0.1, 0.15) is 72.6 Å². The van der Waals surface area contributed by atoms with Crippen LogP contribution in [0.2, 0.25) is 5.02 Å². The Labute approximate surface area is 435 Å². The first-order chi connectivity index (χ1) is 35.5. The summed E-state index contributed by atoms with van der Waals surface area (Å²) in [6.45, 7) is -1.96. The second kappa shape index (κ2) is 20.9. The van der Waals surface area contributed by atoms with E-state index >= 15 is 8.78 Å². The highest BCUT2D eigenvalue weighted by Crippen LogP contribution is 2.68. The van der Waals surface area contributed by atoms with E-state index in [4.69, 9.17) is 16.3 Å². The third-order valence-electron chi connectivity index (χ3n) is 12.6. The van der Waals surface area contributed by atoms with E-state index in [0.29, 0.717) is 24.5 Å². The lowest BCUT2D eigenvalue weighted by molar-refractivity contribution is -0.146. The molecule has 31 heteroatoms. The quantitative estimate of drug-likeness (QED) is 0.0380. The van der Waals surface area contributed by atoms with Gasteiger partial charge in [-0.25, -0.2) is 40.0 Å². The second-order valence-corrected chi connectivity index (χ2v) is 23.4. The molecule has 1 N–H and O–H groups in total.